The number of hydrogen-bond donors (Lipinski definition) is 1. The van der Waals surface area contributed by atoms with Crippen LogP contribution in [0.15, 0.2) is 53.7 Å². The molecule has 0 saturated heterocycles. The molecular weight excluding hydrogens is 380 g/mol. The summed E-state index contributed by atoms with van der Waals surface area (Å²) in [5.74, 6) is 0.950. The minimum absolute atomic E-state index is 0.0665. The van der Waals surface area contributed by atoms with Crippen LogP contribution in [0.5, 0.6) is 0 Å². The SMILES string of the molecule is CCc1cccc(NC(=O)CSc2nnc(-c3cccc(Cl)c3)n2CC)c1. The van der Waals surface area contributed by atoms with Crippen molar-refractivity contribution in [3.05, 3.63) is 59.1 Å². The summed E-state index contributed by atoms with van der Waals surface area (Å²) in [6.07, 6.45) is 0.935. The molecule has 27 heavy (non-hydrogen) atoms. The lowest BCUT2D eigenvalue weighted by atomic mass is 10.1. The maximum Gasteiger partial charge on any atom is 0.234 e. The molecule has 1 heterocycles. The lowest BCUT2D eigenvalue weighted by Gasteiger charge is -2.08. The second-order valence-electron chi connectivity index (χ2n) is 5.95. The van der Waals surface area contributed by atoms with Crippen LogP contribution in [-0.2, 0) is 17.8 Å². The highest BCUT2D eigenvalue weighted by atomic mass is 35.5. The molecule has 140 valence electrons. The number of hydrogen-bond acceptors (Lipinski definition) is 4. The lowest BCUT2D eigenvalue weighted by molar-refractivity contribution is -0.113. The average molecular weight is 401 g/mol. The van der Waals surface area contributed by atoms with Gasteiger partial charge in [-0.2, -0.15) is 0 Å². The van der Waals surface area contributed by atoms with E-state index in [4.69, 9.17) is 11.6 Å². The monoisotopic (exact) mass is 400 g/mol. The van der Waals surface area contributed by atoms with Crippen LogP contribution in [0, 0.1) is 0 Å². The van der Waals surface area contributed by atoms with E-state index in [0.717, 1.165) is 23.5 Å². The molecule has 0 radical (unpaired) electrons. The summed E-state index contributed by atoms with van der Waals surface area (Å²) in [5, 5.41) is 12.8. The number of benzene rings is 2. The minimum atomic E-state index is -0.0665. The van der Waals surface area contributed by atoms with E-state index in [9.17, 15) is 4.79 Å². The van der Waals surface area contributed by atoms with Crippen LogP contribution in [0.3, 0.4) is 0 Å². The normalized spacial score (nSPS) is 10.8. The summed E-state index contributed by atoms with van der Waals surface area (Å²) in [6.45, 7) is 4.82. The van der Waals surface area contributed by atoms with Crippen molar-refractivity contribution in [2.45, 2.75) is 32.0 Å². The van der Waals surface area contributed by atoms with E-state index in [1.54, 1.807) is 0 Å². The molecule has 0 bridgehead atoms. The molecule has 0 atom stereocenters. The second kappa shape index (κ2) is 9.06. The van der Waals surface area contributed by atoms with Gasteiger partial charge in [0.05, 0.1) is 5.75 Å². The van der Waals surface area contributed by atoms with E-state index in [2.05, 4.69) is 22.4 Å². The third kappa shape index (κ3) is 4.90. The molecule has 0 spiro atoms. The Morgan fingerprint density at radius 1 is 1.15 bits per heavy atom. The lowest BCUT2D eigenvalue weighted by Crippen LogP contribution is -2.14. The van der Waals surface area contributed by atoms with Gasteiger partial charge < -0.3 is 9.88 Å². The van der Waals surface area contributed by atoms with Crippen molar-refractivity contribution in [3.8, 4) is 11.4 Å². The number of carbonyl (C=O) groups excluding carboxylic acids is 1. The van der Waals surface area contributed by atoms with Gasteiger partial charge in [-0.25, -0.2) is 0 Å². The highest BCUT2D eigenvalue weighted by Crippen LogP contribution is 2.26. The fraction of sp³-hybridized carbons (Fsp3) is 0.250. The van der Waals surface area contributed by atoms with Crippen LogP contribution in [0.1, 0.15) is 19.4 Å². The molecule has 0 unspecified atom stereocenters. The largest absolute Gasteiger partial charge is 0.325 e. The molecule has 0 aliphatic rings. The third-order valence-corrected chi connectivity index (χ3v) is 5.27. The minimum Gasteiger partial charge on any atom is -0.325 e. The summed E-state index contributed by atoms with van der Waals surface area (Å²) in [5.41, 5.74) is 2.92. The molecule has 7 heteroatoms. The number of aromatic nitrogens is 3. The number of thioether (sulfide) groups is 1. The zero-order valence-corrected chi connectivity index (χ0v) is 16.8. The Morgan fingerprint density at radius 3 is 2.70 bits per heavy atom. The van der Waals surface area contributed by atoms with Gasteiger partial charge >= 0.3 is 0 Å². The molecule has 0 aliphatic heterocycles. The third-order valence-electron chi connectivity index (χ3n) is 4.07. The Balaban J connectivity index is 1.68. The highest BCUT2D eigenvalue weighted by molar-refractivity contribution is 7.99. The van der Waals surface area contributed by atoms with Crippen LogP contribution < -0.4 is 5.32 Å². The van der Waals surface area contributed by atoms with E-state index in [1.807, 2.05) is 60.0 Å². The molecule has 1 amide bonds. The fourth-order valence-corrected chi connectivity index (χ4v) is 3.71. The summed E-state index contributed by atoms with van der Waals surface area (Å²) < 4.78 is 1.99. The van der Waals surface area contributed by atoms with Crippen molar-refractivity contribution in [2.75, 3.05) is 11.1 Å². The number of amides is 1. The van der Waals surface area contributed by atoms with Gasteiger partial charge in [0.25, 0.3) is 0 Å². The van der Waals surface area contributed by atoms with Crippen LogP contribution in [-0.4, -0.2) is 26.4 Å². The average Bonchev–Trinajstić information content (AvgIpc) is 3.09. The first-order chi connectivity index (χ1) is 13.1. The van der Waals surface area contributed by atoms with Gasteiger partial charge in [-0.3, -0.25) is 4.79 Å². The van der Waals surface area contributed by atoms with Crippen molar-refractivity contribution < 1.29 is 4.79 Å². The van der Waals surface area contributed by atoms with E-state index in [0.29, 0.717) is 16.7 Å². The molecule has 1 N–H and O–H groups in total. The molecule has 3 rings (SSSR count). The summed E-state index contributed by atoms with van der Waals surface area (Å²) in [6, 6.07) is 15.4. The molecule has 0 fully saturated rings. The molecular formula is C20H21ClN4OS. The van der Waals surface area contributed by atoms with Gasteiger partial charge in [-0.1, -0.05) is 54.6 Å². The second-order valence-corrected chi connectivity index (χ2v) is 7.33. The Bertz CT molecular complexity index is 941. The van der Waals surface area contributed by atoms with Crippen LogP contribution in [0.4, 0.5) is 5.69 Å². The molecule has 3 aromatic rings. The van der Waals surface area contributed by atoms with E-state index >= 15 is 0 Å². The van der Waals surface area contributed by atoms with E-state index in [1.165, 1.54) is 17.3 Å². The number of carbonyl (C=O) groups is 1. The van der Waals surface area contributed by atoms with E-state index < -0.39 is 0 Å². The number of halogens is 1. The van der Waals surface area contributed by atoms with Crippen molar-refractivity contribution in [2.24, 2.45) is 0 Å². The van der Waals surface area contributed by atoms with Crippen LogP contribution in [0.25, 0.3) is 11.4 Å². The smallest absolute Gasteiger partial charge is 0.234 e. The van der Waals surface area contributed by atoms with Gasteiger partial charge in [-0.15, -0.1) is 10.2 Å². The summed E-state index contributed by atoms with van der Waals surface area (Å²) in [4.78, 5) is 12.3. The first kappa shape index (κ1) is 19.5. The zero-order chi connectivity index (χ0) is 19.2. The van der Waals surface area contributed by atoms with Crippen molar-refractivity contribution >= 4 is 35.0 Å². The number of nitrogens with zero attached hydrogens (tertiary/aromatic N) is 3. The van der Waals surface area contributed by atoms with E-state index in [-0.39, 0.29) is 11.7 Å². The van der Waals surface area contributed by atoms with Gasteiger partial charge in [0.2, 0.25) is 5.91 Å². The Labute approximate surface area is 168 Å². The fourth-order valence-electron chi connectivity index (χ4n) is 2.72. The first-order valence-corrected chi connectivity index (χ1v) is 10.2. The number of rotatable bonds is 7. The Hall–Kier alpha value is -2.31. The van der Waals surface area contributed by atoms with Crippen molar-refractivity contribution in [1.29, 1.82) is 0 Å². The number of anilines is 1. The Kier molecular flexibility index (Phi) is 6.53. The van der Waals surface area contributed by atoms with Gasteiger partial charge in [0.15, 0.2) is 11.0 Å². The summed E-state index contributed by atoms with van der Waals surface area (Å²) in [7, 11) is 0. The summed E-state index contributed by atoms with van der Waals surface area (Å²) >= 11 is 7.46. The molecule has 5 nitrogen and oxygen atoms in total. The predicted octanol–water partition coefficient (Wildman–Crippen LogP) is 4.91. The maximum atomic E-state index is 12.3. The van der Waals surface area contributed by atoms with Gasteiger partial charge in [-0.05, 0) is 43.2 Å². The first-order valence-electron chi connectivity index (χ1n) is 8.81. The van der Waals surface area contributed by atoms with Gasteiger partial charge in [0, 0.05) is 22.8 Å². The number of aryl methyl sites for hydroxylation is 1. The molecule has 1 aromatic heterocycles. The van der Waals surface area contributed by atoms with Crippen molar-refractivity contribution in [3.63, 3.8) is 0 Å². The molecule has 0 saturated carbocycles. The maximum absolute atomic E-state index is 12.3. The van der Waals surface area contributed by atoms with Crippen LogP contribution >= 0.6 is 23.4 Å². The van der Waals surface area contributed by atoms with Crippen LogP contribution in [0.2, 0.25) is 5.02 Å². The molecule has 0 aliphatic carbocycles. The van der Waals surface area contributed by atoms with Gasteiger partial charge in [0.1, 0.15) is 0 Å². The highest BCUT2D eigenvalue weighted by Gasteiger charge is 2.15. The number of nitrogens with one attached hydrogen (secondary N) is 1. The zero-order valence-electron chi connectivity index (χ0n) is 15.3. The predicted molar refractivity (Wildman–Crippen MR) is 111 cm³/mol. The van der Waals surface area contributed by atoms with Crippen molar-refractivity contribution in [1.82, 2.24) is 14.8 Å². The Morgan fingerprint density at radius 2 is 1.96 bits per heavy atom. The standard InChI is InChI=1S/C20H21ClN4OS/c1-3-14-7-5-10-17(11-14)22-18(26)13-27-20-24-23-19(25(20)4-2)15-8-6-9-16(21)12-15/h5-12H,3-4,13H2,1-2H3,(H,22,26). The quantitative estimate of drug-likeness (QED) is 0.572. The molecule has 2 aromatic carbocycles. The topological polar surface area (TPSA) is 59.8 Å².